The summed E-state index contributed by atoms with van der Waals surface area (Å²) in [5.74, 6) is 1.56. The molecule has 0 aliphatic heterocycles. The van der Waals surface area contributed by atoms with Crippen molar-refractivity contribution in [1.29, 1.82) is 0 Å². The van der Waals surface area contributed by atoms with Gasteiger partial charge < -0.3 is 15.0 Å². The molecule has 2 N–H and O–H groups in total. The molecule has 0 spiro atoms. The largest absolute Gasteiger partial charge is 0.385 e. The van der Waals surface area contributed by atoms with Crippen LogP contribution in [-0.2, 0) is 11.2 Å². The van der Waals surface area contributed by atoms with Gasteiger partial charge >= 0.3 is 0 Å². The first-order valence-corrected chi connectivity index (χ1v) is 5.76. The van der Waals surface area contributed by atoms with Crippen molar-refractivity contribution < 1.29 is 9.26 Å². The smallest absolute Gasteiger partial charge is 0.231 e. The molecule has 0 aromatic carbocycles. The van der Waals surface area contributed by atoms with E-state index >= 15 is 0 Å². The van der Waals surface area contributed by atoms with Crippen LogP contribution in [0, 0.1) is 0 Å². The minimum absolute atomic E-state index is 0.0391. The lowest BCUT2D eigenvalue weighted by atomic mass is 9.99. The fraction of sp³-hybridized carbons (Fsp3) is 0.818. The number of aryl methyl sites for hydroxylation is 1. The summed E-state index contributed by atoms with van der Waals surface area (Å²) in [7, 11) is 1.69. The van der Waals surface area contributed by atoms with Crippen LogP contribution < -0.4 is 5.73 Å². The molecule has 5 nitrogen and oxygen atoms in total. The summed E-state index contributed by atoms with van der Waals surface area (Å²) in [6.07, 6.45) is 2.61. The number of rotatable bonds is 7. The maximum atomic E-state index is 5.86. The molecule has 0 saturated carbocycles. The third-order valence-electron chi connectivity index (χ3n) is 2.62. The molecule has 2 atom stereocenters. The van der Waals surface area contributed by atoms with Crippen LogP contribution in [0.15, 0.2) is 4.52 Å². The predicted octanol–water partition coefficient (Wildman–Crippen LogP) is 1.49. The lowest BCUT2D eigenvalue weighted by Crippen LogP contribution is -2.24. The standard InChI is InChI=1S/C11H21N3O2/c1-4-9(8(2)12)11-13-10(14-16-11)6-5-7-15-3/h8-9H,4-7,12H2,1-3H3. The molecule has 2 unspecified atom stereocenters. The Labute approximate surface area is 96.4 Å². The Hall–Kier alpha value is -0.940. The quantitative estimate of drug-likeness (QED) is 0.714. The number of nitrogens with zero attached hydrogens (tertiary/aromatic N) is 2. The van der Waals surface area contributed by atoms with Gasteiger partial charge in [-0.05, 0) is 19.8 Å². The lowest BCUT2D eigenvalue weighted by Gasteiger charge is -2.13. The topological polar surface area (TPSA) is 74.2 Å². The summed E-state index contributed by atoms with van der Waals surface area (Å²) < 4.78 is 10.2. The Morgan fingerprint density at radius 1 is 1.50 bits per heavy atom. The zero-order valence-corrected chi connectivity index (χ0v) is 10.3. The van der Waals surface area contributed by atoms with Gasteiger partial charge in [-0.25, -0.2) is 0 Å². The number of hydrogen-bond acceptors (Lipinski definition) is 5. The fourth-order valence-electron chi connectivity index (χ4n) is 1.67. The van der Waals surface area contributed by atoms with E-state index in [9.17, 15) is 0 Å². The Morgan fingerprint density at radius 3 is 2.81 bits per heavy atom. The molecule has 0 aliphatic rings. The van der Waals surface area contributed by atoms with Gasteiger partial charge in [-0.15, -0.1) is 0 Å². The van der Waals surface area contributed by atoms with Crippen LogP contribution in [0.2, 0.25) is 0 Å². The first kappa shape index (κ1) is 13.1. The minimum Gasteiger partial charge on any atom is -0.385 e. The van der Waals surface area contributed by atoms with Crippen molar-refractivity contribution in [3.05, 3.63) is 11.7 Å². The molecular weight excluding hydrogens is 206 g/mol. The van der Waals surface area contributed by atoms with Gasteiger partial charge in [0.25, 0.3) is 0 Å². The summed E-state index contributed by atoms with van der Waals surface area (Å²) in [4.78, 5) is 4.36. The Balaban J connectivity index is 2.55. The SMILES string of the molecule is CCC(c1nc(CCCOC)no1)C(C)N. The van der Waals surface area contributed by atoms with Gasteiger partial charge in [0.1, 0.15) is 0 Å². The van der Waals surface area contributed by atoms with Gasteiger partial charge in [0, 0.05) is 26.2 Å². The van der Waals surface area contributed by atoms with Crippen molar-refractivity contribution in [3.63, 3.8) is 0 Å². The normalized spacial score (nSPS) is 15.0. The van der Waals surface area contributed by atoms with E-state index in [1.807, 2.05) is 6.92 Å². The van der Waals surface area contributed by atoms with Crippen molar-refractivity contribution in [3.8, 4) is 0 Å². The molecule has 1 heterocycles. The molecule has 0 amide bonds. The monoisotopic (exact) mass is 227 g/mol. The second kappa shape index (κ2) is 6.60. The summed E-state index contributed by atoms with van der Waals surface area (Å²) in [6.45, 7) is 4.75. The number of methoxy groups -OCH3 is 1. The zero-order valence-electron chi connectivity index (χ0n) is 10.3. The Bertz CT molecular complexity index is 299. The first-order chi connectivity index (χ1) is 7.69. The molecule has 16 heavy (non-hydrogen) atoms. The van der Waals surface area contributed by atoms with E-state index in [4.69, 9.17) is 15.0 Å². The predicted molar refractivity (Wildman–Crippen MR) is 61.2 cm³/mol. The summed E-state index contributed by atoms with van der Waals surface area (Å²) >= 11 is 0. The molecule has 5 heteroatoms. The van der Waals surface area contributed by atoms with E-state index < -0.39 is 0 Å². The van der Waals surface area contributed by atoms with Crippen LogP contribution in [0.25, 0.3) is 0 Å². The van der Waals surface area contributed by atoms with Gasteiger partial charge in [-0.1, -0.05) is 12.1 Å². The molecular formula is C11H21N3O2. The number of ether oxygens (including phenoxy) is 1. The molecule has 0 radical (unpaired) electrons. The average Bonchev–Trinajstić information content (AvgIpc) is 2.67. The molecule has 1 aromatic rings. The molecule has 0 aliphatic carbocycles. The molecule has 1 rings (SSSR count). The highest BCUT2D eigenvalue weighted by atomic mass is 16.5. The van der Waals surface area contributed by atoms with E-state index in [0.717, 1.165) is 25.1 Å². The average molecular weight is 227 g/mol. The Morgan fingerprint density at radius 2 is 2.25 bits per heavy atom. The van der Waals surface area contributed by atoms with E-state index in [0.29, 0.717) is 12.5 Å². The summed E-state index contributed by atoms with van der Waals surface area (Å²) in [5.41, 5.74) is 5.86. The lowest BCUT2D eigenvalue weighted by molar-refractivity contribution is 0.194. The third-order valence-corrected chi connectivity index (χ3v) is 2.62. The van der Waals surface area contributed by atoms with Crippen LogP contribution in [0.1, 0.15) is 44.3 Å². The number of aromatic nitrogens is 2. The first-order valence-electron chi connectivity index (χ1n) is 5.76. The van der Waals surface area contributed by atoms with Crippen LogP contribution in [0.3, 0.4) is 0 Å². The van der Waals surface area contributed by atoms with Crippen molar-refractivity contribution in [1.82, 2.24) is 10.1 Å². The van der Waals surface area contributed by atoms with Crippen LogP contribution in [-0.4, -0.2) is 29.9 Å². The van der Waals surface area contributed by atoms with Crippen molar-refractivity contribution >= 4 is 0 Å². The van der Waals surface area contributed by atoms with Gasteiger partial charge in [-0.2, -0.15) is 4.98 Å². The van der Waals surface area contributed by atoms with Crippen LogP contribution >= 0.6 is 0 Å². The number of nitrogens with two attached hydrogens (primary N) is 1. The van der Waals surface area contributed by atoms with Crippen molar-refractivity contribution in [2.45, 2.75) is 45.1 Å². The molecule has 92 valence electrons. The summed E-state index contributed by atoms with van der Waals surface area (Å²) in [5, 5.41) is 3.94. The van der Waals surface area contributed by atoms with E-state index in [-0.39, 0.29) is 12.0 Å². The second-order valence-corrected chi connectivity index (χ2v) is 4.02. The second-order valence-electron chi connectivity index (χ2n) is 4.02. The van der Waals surface area contributed by atoms with Crippen LogP contribution in [0.4, 0.5) is 0 Å². The van der Waals surface area contributed by atoms with E-state index in [2.05, 4.69) is 17.1 Å². The zero-order chi connectivity index (χ0) is 12.0. The maximum absolute atomic E-state index is 5.86. The number of hydrogen-bond donors (Lipinski definition) is 1. The highest BCUT2D eigenvalue weighted by molar-refractivity contribution is 4.97. The molecule has 0 fully saturated rings. The van der Waals surface area contributed by atoms with E-state index in [1.54, 1.807) is 7.11 Å². The molecule has 0 saturated heterocycles. The molecule has 1 aromatic heterocycles. The van der Waals surface area contributed by atoms with Gasteiger partial charge in [-0.3, -0.25) is 0 Å². The minimum atomic E-state index is 0.0391. The molecule has 0 bridgehead atoms. The third kappa shape index (κ3) is 3.57. The van der Waals surface area contributed by atoms with Gasteiger partial charge in [0.15, 0.2) is 5.82 Å². The van der Waals surface area contributed by atoms with E-state index in [1.165, 1.54) is 0 Å². The highest BCUT2D eigenvalue weighted by Gasteiger charge is 2.20. The fourth-order valence-corrected chi connectivity index (χ4v) is 1.67. The summed E-state index contributed by atoms with van der Waals surface area (Å²) in [6, 6.07) is 0.0391. The van der Waals surface area contributed by atoms with Crippen molar-refractivity contribution in [2.24, 2.45) is 5.73 Å². The highest BCUT2D eigenvalue weighted by Crippen LogP contribution is 2.20. The maximum Gasteiger partial charge on any atom is 0.231 e. The Kier molecular flexibility index (Phi) is 5.42. The van der Waals surface area contributed by atoms with Crippen molar-refractivity contribution in [2.75, 3.05) is 13.7 Å². The van der Waals surface area contributed by atoms with Gasteiger partial charge in [0.2, 0.25) is 5.89 Å². The van der Waals surface area contributed by atoms with Crippen LogP contribution in [0.5, 0.6) is 0 Å². The van der Waals surface area contributed by atoms with Gasteiger partial charge in [0.05, 0.1) is 5.92 Å².